The molecule has 0 saturated heterocycles. The molecule has 3 nitrogen and oxygen atoms in total. The van der Waals surface area contributed by atoms with Gasteiger partial charge in [-0.3, -0.25) is 0 Å². The minimum atomic E-state index is -4.49. The molecule has 0 aliphatic carbocycles. The van der Waals surface area contributed by atoms with Crippen LogP contribution in [0.3, 0.4) is 0 Å². The van der Waals surface area contributed by atoms with Gasteiger partial charge in [0, 0.05) is 12.1 Å². The third-order valence-corrected chi connectivity index (χ3v) is 3.18. The number of rotatable bonds is 2. The summed E-state index contributed by atoms with van der Waals surface area (Å²) in [7, 11) is 0. The third kappa shape index (κ3) is 2.43. The number of alkyl halides is 3. The first-order valence-electron chi connectivity index (χ1n) is 6.18. The number of aryl methyl sites for hydroxylation is 3. The summed E-state index contributed by atoms with van der Waals surface area (Å²) in [6.45, 7) is 5.26. The quantitative estimate of drug-likeness (QED) is 0.919. The van der Waals surface area contributed by atoms with Gasteiger partial charge in [0.25, 0.3) is 0 Å². The van der Waals surface area contributed by atoms with E-state index in [1.807, 2.05) is 19.1 Å². The number of aromatic nitrogens is 2. The predicted octanol–water partition coefficient (Wildman–Crippen LogP) is 3.28. The van der Waals surface area contributed by atoms with Crippen molar-refractivity contribution in [1.29, 1.82) is 0 Å². The second kappa shape index (κ2) is 4.94. The van der Waals surface area contributed by atoms with E-state index in [-0.39, 0.29) is 12.1 Å². The minimum absolute atomic E-state index is 0.00289. The molecule has 1 aromatic carbocycles. The maximum atomic E-state index is 13.2. The van der Waals surface area contributed by atoms with Crippen LogP contribution in [-0.4, -0.2) is 9.78 Å². The molecule has 6 heteroatoms. The summed E-state index contributed by atoms with van der Waals surface area (Å²) in [4.78, 5) is 0. The molecule has 108 valence electrons. The van der Waals surface area contributed by atoms with E-state index in [1.54, 1.807) is 13.8 Å². The summed E-state index contributed by atoms with van der Waals surface area (Å²) in [5.74, 6) is 0. The van der Waals surface area contributed by atoms with Crippen LogP contribution in [0.2, 0.25) is 0 Å². The van der Waals surface area contributed by atoms with Crippen LogP contribution in [0.25, 0.3) is 5.69 Å². The zero-order valence-corrected chi connectivity index (χ0v) is 11.5. The Kier molecular flexibility index (Phi) is 3.60. The normalized spacial score (nSPS) is 11.9. The SMILES string of the molecule is Cc1cc(C)c(-n2ncc(CN)c2C(F)(F)F)c(C)c1. The maximum absolute atomic E-state index is 13.2. The van der Waals surface area contributed by atoms with Crippen LogP contribution >= 0.6 is 0 Å². The number of hydrogen-bond acceptors (Lipinski definition) is 2. The second-order valence-corrected chi connectivity index (χ2v) is 4.88. The molecule has 0 unspecified atom stereocenters. The molecule has 0 spiro atoms. The Labute approximate surface area is 115 Å². The zero-order valence-electron chi connectivity index (χ0n) is 11.5. The van der Waals surface area contributed by atoms with Gasteiger partial charge in [-0.25, -0.2) is 4.68 Å². The molecule has 0 aliphatic heterocycles. The fourth-order valence-electron chi connectivity index (χ4n) is 2.51. The third-order valence-electron chi connectivity index (χ3n) is 3.18. The molecule has 0 atom stereocenters. The standard InChI is InChI=1S/C14H16F3N3/c1-8-4-9(2)12(10(3)5-8)20-13(14(15,16)17)11(6-18)7-19-20/h4-5,7H,6,18H2,1-3H3. The van der Waals surface area contributed by atoms with Crippen molar-refractivity contribution < 1.29 is 13.2 Å². The van der Waals surface area contributed by atoms with Crippen molar-refractivity contribution in [3.63, 3.8) is 0 Å². The Bertz CT molecular complexity index is 619. The molecule has 1 aromatic heterocycles. The number of halogens is 3. The van der Waals surface area contributed by atoms with Crippen molar-refractivity contribution in [2.45, 2.75) is 33.5 Å². The van der Waals surface area contributed by atoms with Gasteiger partial charge in [0.1, 0.15) is 0 Å². The highest BCUT2D eigenvalue weighted by molar-refractivity contribution is 5.50. The van der Waals surface area contributed by atoms with Crippen molar-refractivity contribution in [3.05, 3.63) is 46.3 Å². The van der Waals surface area contributed by atoms with Crippen LogP contribution in [0.4, 0.5) is 13.2 Å². The topological polar surface area (TPSA) is 43.8 Å². The van der Waals surface area contributed by atoms with Crippen LogP contribution in [-0.2, 0) is 12.7 Å². The first-order valence-corrected chi connectivity index (χ1v) is 6.18. The molecule has 0 amide bonds. The van der Waals surface area contributed by atoms with E-state index in [0.717, 1.165) is 21.4 Å². The van der Waals surface area contributed by atoms with E-state index in [0.29, 0.717) is 5.69 Å². The number of nitrogens with zero attached hydrogens (tertiary/aromatic N) is 2. The molecule has 2 aromatic rings. The Morgan fingerprint density at radius 2 is 1.70 bits per heavy atom. The van der Waals surface area contributed by atoms with Crippen LogP contribution in [0.5, 0.6) is 0 Å². The van der Waals surface area contributed by atoms with Gasteiger partial charge in [0.15, 0.2) is 5.69 Å². The van der Waals surface area contributed by atoms with Gasteiger partial charge in [-0.1, -0.05) is 17.7 Å². The van der Waals surface area contributed by atoms with Gasteiger partial charge in [-0.05, 0) is 31.9 Å². The van der Waals surface area contributed by atoms with E-state index in [9.17, 15) is 13.2 Å². The molecule has 0 saturated carbocycles. The van der Waals surface area contributed by atoms with E-state index in [2.05, 4.69) is 5.10 Å². The van der Waals surface area contributed by atoms with Gasteiger partial charge in [-0.2, -0.15) is 18.3 Å². The van der Waals surface area contributed by atoms with Crippen molar-refractivity contribution in [2.24, 2.45) is 5.73 Å². The summed E-state index contributed by atoms with van der Waals surface area (Å²) in [6.07, 6.45) is -3.31. The van der Waals surface area contributed by atoms with Crippen molar-refractivity contribution >= 4 is 0 Å². The Morgan fingerprint density at radius 3 is 2.15 bits per heavy atom. The molecule has 0 bridgehead atoms. The van der Waals surface area contributed by atoms with E-state index < -0.39 is 11.9 Å². The Morgan fingerprint density at radius 1 is 1.15 bits per heavy atom. The molecule has 0 radical (unpaired) electrons. The molecular formula is C14H16F3N3. The highest BCUT2D eigenvalue weighted by Gasteiger charge is 2.38. The van der Waals surface area contributed by atoms with Crippen molar-refractivity contribution in [1.82, 2.24) is 9.78 Å². The number of benzene rings is 1. The van der Waals surface area contributed by atoms with Crippen LogP contribution in [0, 0.1) is 20.8 Å². The molecule has 2 rings (SSSR count). The van der Waals surface area contributed by atoms with Crippen LogP contribution in [0.15, 0.2) is 18.3 Å². The average molecular weight is 283 g/mol. The average Bonchev–Trinajstić information content (AvgIpc) is 2.70. The predicted molar refractivity (Wildman–Crippen MR) is 70.7 cm³/mol. The van der Waals surface area contributed by atoms with E-state index >= 15 is 0 Å². The smallest absolute Gasteiger partial charge is 0.326 e. The first kappa shape index (κ1) is 14.6. The van der Waals surface area contributed by atoms with Crippen molar-refractivity contribution in [2.75, 3.05) is 0 Å². The largest absolute Gasteiger partial charge is 0.433 e. The molecule has 20 heavy (non-hydrogen) atoms. The number of nitrogens with two attached hydrogens (primary N) is 1. The molecule has 0 aliphatic rings. The fraction of sp³-hybridized carbons (Fsp3) is 0.357. The van der Waals surface area contributed by atoms with Gasteiger partial charge >= 0.3 is 6.18 Å². The fourth-order valence-corrected chi connectivity index (χ4v) is 2.51. The molecular weight excluding hydrogens is 267 g/mol. The number of hydrogen-bond donors (Lipinski definition) is 1. The molecule has 0 fully saturated rings. The van der Waals surface area contributed by atoms with E-state index in [1.165, 1.54) is 6.20 Å². The summed E-state index contributed by atoms with van der Waals surface area (Å²) in [5, 5.41) is 3.89. The Balaban J connectivity index is 2.75. The lowest BCUT2D eigenvalue weighted by atomic mass is 10.0. The lowest BCUT2D eigenvalue weighted by molar-refractivity contribution is -0.143. The molecule has 2 N–H and O–H groups in total. The minimum Gasteiger partial charge on any atom is -0.326 e. The monoisotopic (exact) mass is 283 g/mol. The summed E-state index contributed by atoms with van der Waals surface area (Å²) >= 11 is 0. The first-order chi connectivity index (χ1) is 9.25. The van der Waals surface area contributed by atoms with Gasteiger partial charge in [0.05, 0.1) is 11.9 Å². The summed E-state index contributed by atoms with van der Waals surface area (Å²) in [6, 6.07) is 3.68. The Hall–Kier alpha value is -1.82. The van der Waals surface area contributed by atoms with Gasteiger partial charge < -0.3 is 5.73 Å². The van der Waals surface area contributed by atoms with E-state index in [4.69, 9.17) is 5.73 Å². The lowest BCUT2D eigenvalue weighted by Crippen LogP contribution is -2.18. The molecule has 1 heterocycles. The van der Waals surface area contributed by atoms with Crippen molar-refractivity contribution in [3.8, 4) is 5.69 Å². The van der Waals surface area contributed by atoms with Gasteiger partial charge in [-0.15, -0.1) is 0 Å². The summed E-state index contributed by atoms with van der Waals surface area (Å²) in [5.41, 5.74) is 7.55. The maximum Gasteiger partial charge on any atom is 0.433 e. The van der Waals surface area contributed by atoms with Crippen LogP contribution < -0.4 is 5.73 Å². The highest BCUT2D eigenvalue weighted by atomic mass is 19.4. The highest BCUT2D eigenvalue weighted by Crippen LogP contribution is 2.35. The van der Waals surface area contributed by atoms with Crippen LogP contribution in [0.1, 0.15) is 27.9 Å². The lowest BCUT2D eigenvalue weighted by Gasteiger charge is -2.16. The zero-order chi connectivity index (χ0) is 15.1. The van der Waals surface area contributed by atoms with Gasteiger partial charge in [0.2, 0.25) is 0 Å². The second-order valence-electron chi connectivity index (χ2n) is 4.88. The summed E-state index contributed by atoms with van der Waals surface area (Å²) < 4.78 is 40.7.